The second kappa shape index (κ2) is 8.43. The van der Waals surface area contributed by atoms with Gasteiger partial charge in [0.2, 0.25) is 5.91 Å². The van der Waals surface area contributed by atoms with Crippen molar-refractivity contribution in [3.05, 3.63) is 28.4 Å². The number of carbonyl (C=O) groups excluding carboxylic acids is 1. The summed E-state index contributed by atoms with van der Waals surface area (Å²) in [6.07, 6.45) is -3.13. The summed E-state index contributed by atoms with van der Waals surface area (Å²) in [6.45, 7) is 0.310. The summed E-state index contributed by atoms with van der Waals surface area (Å²) in [7, 11) is 1.53. The molecule has 164 valence electrons. The van der Waals surface area contributed by atoms with Gasteiger partial charge in [-0.3, -0.25) is 14.3 Å². The molecule has 0 saturated carbocycles. The number of nitrogens with zero attached hydrogens (tertiary/aromatic N) is 3. The van der Waals surface area contributed by atoms with Crippen LogP contribution >= 0.6 is 11.6 Å². The normalized spacial score (nSPS) is 18.4. The van der Waals surface area contributed by atoms with Gasteiger partial charge in [0.15, 0.2) is 0 Å². The van der Waals surface area contributed by atoms with Crippen molar-refractivity contribution in [2.45, 2.75) is 32.6 Å². The lowest BCUT2D eigenvalue weighted by Crippen LogP contribution is -2.43. The van der Waals surface area contributed by atoms with Gasteiger partial charge in [0.25, 0.3) is 0 Å². The fourth-order valence-corrected chi connectivity index (χ4v) is 4.13. The molecule has 2 aromatic rings. The summed E-state index contributed by atoms with van der Waals surface area (Å²) >= 11 is 6.45. The van der Waals surface area contributed by atoms with Gasteiger partial charge in [-0.1, -0.05) is 18.5 Å². The van der Waals surface area contributed by atoms with Crippen molar-refractivity contribution in [3.63, 3.8) is 0 Å². The zero-order valence-corrected chi connectivity index (χ0v) is 17.1. The molecule has 30 heavy (non-hydrogen) atoms. The first-order valence-electron chi connectivity index (χ1n) is 9.26. The van der Waals surface area contributed by atoms with Crippen LogP contribution in [0.2, 0.25) is 5.02 Å². The van der Waals surface area contributed by atoms with Crippen LogP contribution in [-0.4, -0.2) is 58.1 Å². The van der Waals surface area contributed by atoms with Crippen LogP contribution in [0.25, 0.3) is 10.9 Å². The molecule has 1 aliphatic heterocycles. The quantitative estimate of drug-likeness (QED) is 0.735. The second-order valence-corrected chi connectivity index (χ2v) is 7.77. The Bertz CT molecular complexity index is 976. The van der Waals surface area contributed by atoms with Gasteiger partial charge in [0.1, 0.15) is 6.54 Å². The minimum Gasteiger partial charge on any atom is -0.481 e. The van der Waals surface area contributed by atoms with E-state index in [0.29, 0.717) is 45.1 Å². The van der Waals surface area contributed by atoms with Gasteiger partial charge in [0, 0.05) is 19.0 Å². The predicted octanol–water partition coefficient (Wildman–Crippen LogP) is 3.12. The average Bonchev–Trinajstić information content (AvgIpc) is 3.03. The Labute approximate surface area is 175 Å². The number of carboxylic acids is 1. The smallest absolute Gasteiger partial charge is 0.406 e. The highest BCUT2D eigenvalue weighted by Crippen LogP contribution is 2.36. The monoisotopic (exact) mass is 447 g/mol. The first-order valence-corrected chi connectivity index (χ1v) is 9.64. The van der Waals surface area contributed by atoms with Crippen molar-refractivity contribution < 1.29 is 32.6 Å². The van der Waals surface area contributed by atoms with Crippen molar-refractivity contribution in [1.82, 2.24) is 14.7 Å². The van der Waals surface area contributed by atoms with Gasteiger partial charge in [-0.25, -0.2) is 0 Å². The number of aliphatic carboxylic acids is 1. The van der Waals surface area contributed by atoms with Crippen molar-refractivity contribution in [3.8, 4) is 0 Å². The minimum absolute atomic E-state index is 0.0189. The van der Waals surface area contributed by atoms with E-state index in [1.807, 2.05) is 0 Å². The molecule has 0 fully saturated rings. The third-order valence-electron chi connectivity index (χ3n) is 5.37. The zero-order valence-electron chi connectivity index (χ0n) is 16.4. The Morgan fingerprint density at radius 3 is 2.77 bits per heavy atom. The number of aromatic nitrogens is 2. The summed E-state index contributed by atoms with van der Waals surface area (Å²) < 4.78 is 46.2. The maximum Gasteiger partial charge on any atom is 0.406 e. The number of alkyl halides is 3. The molecule has 0 radical (unpaired) electrons. The number of benzene rings is 1. The molecule has 0 aliphatic carbocycles. The summed E-state index contributed by atoms with van der Waals surface area (Å²) in [5, 5.41) is 14.5. The summed E-state index contributed by atoms with van der Waals surface area (Å²) in [6, 6.07) is 1.59. The molecule has 1 amide bonds. The molecule has 0 saturated heterocycles. The van der Waals surface area contributed by atoms with Gasteiger partial charge in [-0.05, 0) is 23.6 Å². The molecule has 1 N–H and O–H groups in total. The van der Waals surface area contributed by atoms with Crippen LogP contribution < -0.4 is 0 Å². The molecule has 1 aromatic heterocycles. The van der Waals surface area contributed by atoms with Crippen LogP contribution in [0.5, 0.6) is 0 Å². The maximum atomic E-state index is 13.2. The molecular formula is C19H21ClF3N3O4. The summed E-state index contributed by atoms with van der Waals surface area (Å²) in [5.74, 6) is -4.38. The molecule has 2 heterocycles. The molecule has 0 spiro atoms. The number of carboxylic acid groups (broad SMARTS) is 1. The van der Waals surface area contributed by atoms with Gasteiger partial charge >= 0.3 is 12.1 Å². The molecule has 2 atom stereocenters. The van der Waals surface area contributed by atoms with Crippen LogP contribution in [0.3, 0.4) is 0 Å². The molecule has 11 heteroatoms. The Kier molecular flexibility index (Phi) is 6.28. The molecule has 1 aromatic carbocycles. The Morgan fingerprint density at radius 1 is 1.47 bits per heavy atom. The van der Waals surface area contributed by atoms with Crippen LogP contribution in [-0.2, 0) is 33.8 Å². The van der Waals surface area contributed by atoms with Gasteiger partial charge < -0.3 is 14.7 Å². The van der Waals surface area contributed by atoms with Crippen molar-refractivity contribution in [1.29, 1.82) is 0 Å². The van der Waals surface area contributed by atoms with Crippen molar-refractivity contribution in [2.75, 3.05) is 20.3 Å². The van der Waals surface area contributed by atoms with E-state index in [1.54, 1.807) is 10.7 Å². The minimum atomic E-state index is -4.62. The highest BCUT2D eigenvalue weighted by atomic mass is 35.5. The maximum absolute atomic E-state index is 13.2. The van der Waals surface area contributed by atoms with Crippen molar-refractivity contribution >= 4 is 34.4 Å². The number of carbonyl (C=O) groups is 2. The van der Waals surface area contributed by atoms with Crippen LogP contribution in [0.1, 0.15) is 18.1 Å². The number of fused-ring (bicyclic) bond motifs is 3. The fourth-order valence-electron chi connectivity index (χ4n) is 3.80. The van der Waals surface area contributed by atoms with E-state index in [0.717, 1.165) is 0 Å². The first-order chi connectivity index (χ1) is 14.0. The second-order valence-electron chi connectivity index (χ2n) is 7.37. The third kappa shape index (κ3) is 4.39. The third-order valence-corrected chi connectivity index (χ3v) is 5.66. The number of ether oxygens (including phenoxy) is 1. The molecule has 0 bridgehead atoms. The molecule has 2 unspecified atom stereocenters. The Hall–Kier alpha value is -2.33. The lowest BCUT2D eigenvalue weighted by Gasteiger charge is -2.27. The van der Waals surface area contributed by atoms with Crippen LogP contribution in [0.15, 0.2) is 12.3 Å². The number of methoxy groups -OCH3 is 1. The molecule has 1 aliphatic rings. The number of halogens is 4. The lowest BCUT2D eigenvalue weighted by molar-refractivity contribution is -0.167. The van der Waals surface area contributed by atoms with Crippen molar-refractivity contribution in [2.24, 2.45) is 11.8 Å². The topological polar surface area (TPSA) is 84.7 Å². The van der Waals surface area contributed by atoms with E-state index >= 15 is 0 Å². The van der Waals surface area contributed by atoms with Crippen LogP contribution in [0, 0.1) is 11.8 Å². The number of hydrogen-bond donors (Lipinski definition) is 1. The molecule has 7 nitrogen and oxygen atoms in total. The standard InChI is InChI=1S/C19H21ClF3N3O4/c1-10(18(28)29)12-5-11-6-15(20)16-13(7-24-26(16)3-4-30-2)14(11)8-25(17(12)27)9-19(21,22)23/h6-7,10,12H,3-5,8-9H2,1-2H3,(H,28,29). The number of rotatable bonds is 6. The summed E-state index contributed by atoms with van der Waals surface area (Å²) in [5.41, 5.74) is 1.59. The highest BCUT2D eigenvalue weighted by Gasteiger charge is 2.41. The van der Waals surface area contributed by atoms with E-state index in [-0.39, 0.29) is 13.0 Å². The molecular weight excluding hydrogens is 427 g/mol. The van der Waals surface area contributed by atoms with E-state index in [9.17, 15) is 27.9 Å². The molecule has 3 rings (SSSR count). The van der Waals surface area contributed by atoms with E-state index in [2.05, 4.69) is 5.10 Å². The number of amides is 1. The Morgan fingerprint density at radius 2 is 2.17 bits per heavy atom. The highest BCUT2D eigenvalue weighted by molar-refractivity contribution is 6.35. The van der Waals surface area contributed by atoms with Gasteiger partial charge in [-0.15, -0.1) is 0 Å². The first kappa shape index (κ1) is 22.4. The summed E-state index contributed by atoms with van der Waals surface area (Å²) in [4.78, 5) is 25.1. The lowest BCUT2D eigenvalue weighted by atomic mass is 9.86. The number of hydrogen-bond acceptors (Lipinski definition) is 4. The zero-order chi connectivity index (χ0) is 22.2. The van der Waals surface area contributed by atoms with E-state index in [4.69, 9.17) is 16.3 Å². The largest absolute Gasteiger partial charge is 0.481 e. The predicted molar refractivity (Wildman–Crippen MR) is 102 cm³/mol. The SMILES string of the molecule is COCCn1ncc2c3c(cc(Cl)c21)CC(C(C)C(=O)O)C(=O)N(CC(F)(F)F)C3. The van der Waals surface area contributed by atoms with E-state index < -0.39 is 36.4 Å². The van der Waals surface area contributed by atoms with Gasteiger partial charge in [-0.2, -0.15) is 18.3 Å². The fraction of sp³-hybridized carbons (Fsp3) is 0.526. The van der Waals surface area contributed by atoms with Crippen LogP contribution in [0.4, 0.5) is 13.2 Å². The average molecular weight is 448 g/mol. The Balaban J connectivity index is 2.14. The van der Waals surface area contributed by atoms with Gasteiger partial charge in [0.05, 0.1) is 41.7 Å². The van der Waals surface area contributed by atoms with E-state index in [1.165, 1.54) is 20.2 Å².